The molecule has 23 heavy (non-hydrogen) atoms. The average molecular weight is 324 g/mol. The summed E-state index contributed by atoms with van der Waals surface area (Å²) in [5.74, 6) is -0.398. The fourth-order valence-electron chi connectivity index (χ4n) is 2.41. The highest BCUT2D eigenvalue weighted by Crippen LogP contribution is 2.18. The van der Waals surface area contributed by atoms with Crippen LogP contribution in [0.2, 0.25) is 0 Å². The Bertz CT molecular complexity index is 995. The predicted octanol–water partition coefficient (Wildman–Crippen LogP) is 2.77. The Hall–Kier alpha value is -2.91. The number of rotatable bonds is 3. The molecule has 5 nitrogen and oxygen atoms in total. The molecule has 114 valence electrons. The molecule has 0 aliphatic rings. The largest absolute Gasteiger partial charge is 0.465 e. The first-order valence-electron chi connectivity index (χ1n) is 6.82. The molecule has 0 fully saturated rings. The van der Waals surface area contributed by atoms with Crippen LogP contribution in [0, 0.1) is 11.3 Å². The van der Waals surface area contributed by atoms with Crippen molar-refractivity contribution in [2.75, 3.05) is 7.11 Å². The van der Waals surface area contributed by atoms with Crippen LogP contribution in [0.15, 0.2) is 46.7 Å². The number of nitrogens with zero attached hydrogens (tertiary/aromatic N) is 2. The van der Waals surface area contributed by atoms with E-state index in [1.807, 2.05) is 0 Å². The first kappa shape index (κ1) is 15.0. The van der Waals surface area contributed by atoms with E-state index < -0.39 is 5.97 Å². The van der Waals surface area contributed by atoms with E-state index in [1.165, 1.54) is 23.0 Å². The van der Waals surface area contributed by atoms with Gasteiger partial charge >= 0.3 is 5.97 Å². The summed E-state index contributed by atoms with van der Waals surface area (Å²) in [4.78, 5) is 24.5. The van der Waals surface area contributed by atoms with Crippen LogP contribution in [0.1, 0.15) is 20.8 Å². The highest BCUT2D eigenvalue weighted by Gasteiger charge is 2.12. The summed E-state index contributed by atoms with van der Waals surface area (Å²) in [6.45, 7) is 0.297. The quantitative estimate of drug-likeness (QED) is 0.695. The summed E-state index contributed by atoms with van der Waals surface area (Å²) >= 11 is 1.27. The molecule has 0 N–H and O–H groups in total. The van der Waals surface area contributed by atoms with E-state index in [4.69, 9.17) is 0 Å². The van der Waals surface area contributed by atoms with Crippen LogP contribution in [0.3, 0.4) is 0 Å². The fraction of sp³-hybridized carbons (Fsp3) is 0.118. The Labute approximate surface area is 136 Å². The highest BCUT2D eigenvalue weighted by atomic mass is 32.1. The van der Waals surface area contributed by atoms with E-state index in [2.05, 4.69) is 10.8 Å². The molecule has 2 heterocycles. The molecular formula is C17H12N2O3S. The van der Waals surface area contributed by atoms with Gasteiger partial charge in [0.25, 0.3) is 5.56 Å². The summed E-state index contributed by atoms with van der Waals surface area (Å²) in [5.41, 5.74) is 1.10. The lowest BCUT2D eigenvalue weighted by molar-refractivity contribution is 0.0606. The first-order valence-corrected chi connectivity index (χ1v) is 7.70. The van der Waals surface area contributed by atoms with Gasteiger partial charge in [0.2, 0.25) is 0 Å². The van der Waals surface area contributed by atoms with Gasteiger partial charge in [-0.05, 0) is 23.1 Å². The standard InChI is InChI=1S/C17H12N2O3S/c1-22-17(21)15-6-11(10-23-15)8-19-9-12(7-18)13-4-2-3-5-14(13)16(19)20/h2-6,9-10H,8H2,1H3. The number of esters is 1. The molecule has 0 unspecified atom stereocenters. The lowest BCUT2D eigenvalue weighted by Gasteiger charge is -2.08. The van der Waals surface area contributed by atoms with Crippen molar-refractivity contribution in [2.24, 2.45) is 0 Å². The smallest absolute Gasteiger partial charge is 0.348 e. The maximum Gasteiger partial charge on any atom is 0.348 e. The maximum atomic E-state index is 12.6. The number of carbonyl (C=O) groups excluding carboxylic acids is 1. The monoisotopic (exact) mass is 324 g/mol. The third kappa shape index (κ3) is 2.74. The van der Waals surface area contributed by atoms with Crippen LogP contribution in [0.25, 0.3) is 10.8 Å². The summed E-state index contributed by atoms with van der Waals surface area (Å²) < 4.78 is 6.17. The second kappa shape index (κ2) is 6.07. The summed E-state index contributed by atoms with van der Waals surface area (Å²) in [6.07, 6.45) is 1.56. The highest BCUT2D eigenvalue weighted by molar-refractivity contribution is 7.12. The number of aromatic nitrogens is 1. The van der Waals surface area contributed by atoms with Crippen LogP contribution in [0.4, 0.5) is 0 Å². The van der Waals surface area contributed by atoms with E-state index in [0.29, 0.717) is 27.8 Å². The number of methoxy groups -OCH3 is 1. The third-order valence-electron chi connectivity index (χ3n) is 3.51. The Kier molecular flexibility index (Phi) is 3.96. The lowest BCUT2D eigenvalue weighted by atomic mass is 10.1. The van der Waals surface area contributed by atoms with Crippen molar-refractivity contribution >= 4 is 28.1 Å². The van der Waals surface area contributed by atoms with Gasteiger partial charge in [0.05, 0.1) is 19.2 Å². The van der Waals surface area contributed by atoms with Gasteiger partial charge in [-0.2, -0.15) is 5.26 Å². The number of ether oxygens (including phenoxy) is 1. The Balaban J connectivity index is 2.05. The molecule has 0 spiro atoms. The minimum Gasteiger partial charge on any atom is -0.465 e. The van der Waals surface area contributed by atoms with Gasteiger partial charge in [-0.3, -0.25) is 4.79 Å². The van der Waals surface area contributed by atoms with Crippen LogP contribution in [-0.2, 0) is 11.3 Å². The molecule has 0 atom stereocenters. The molecule has 0 radical (unpaired) electrons. The second-order valence-electron chi connectivity index (χ2n) is 4.94. The van der Waals surface area contributed by atoms with E-state index in [-0.39, 0.29) is 5.56 Å². The van der Waals surface area contributed by atoms with Gasteiger partial charge in [-0.1, -0.05) is 18.2 Å². The number of hydrogen-bond donors (Lipinski definition) is 0. The predicted molar refractivity (Wildman–Crippen MR) is 87.7 cm³/mol. The van der Waals surface area contributed by atoms with Crippen molar-refractivity contribution < 1.29 is 9.53 Å². The second-order valence-corrected chi connectivity index (χ2v) is 5.86. The van der Waals surface area contributed by atoms with E-state index in [0.717, 1.165) is 5.56 Å². The molecule has 1 aromatic carbocycles. The number of pyridine rings is 1. The first-order chi connectivity index (χ1) is 11.1. The van der Waals surface area contributed by atoms with Crippen molar-refractivity contribution in [3.63, 3.8) is 0 Å². The maximum absolute atomic E-state index is 12.6. The normalized spacial score (nSPS) is 10.4. The van der Waals surface area contributed by atoms with Crippen LogP contribution in [0.5, 0.6) is 0 Å². The number of thiophene rings is 1. The minimum atomic E-state index is -0.398. The molecule has 0 aliphatic heterocycles. The summed E-state index contributed by atoms with van der Waals surface area (Å²) in [6, 6.07) is 10.9. The van der Waals surface area contributed by atoms with E-state index in [1.54, 1.807) is 41.9 Å². The van der Waals surface area contributed by atoms with Crippen molar-refractivity contribution in [3.8, 4) is 6.07 Å². The topological polar surface area (TPSA) is 72.1 Å². The molecule has 2 aromatic heterocycles. The molecular weight excluding hydrogens is 312 g/mol. The van der Waals surface area contributed by atoms with Crippen molar-refractivity contribution in [1.82, 2.24) is 4.57 Å². The van der Waals surface area contributed by atoms with Crippen molar-refractivity contribution in [1.29, 1.82) is 5.26 Å². The Morgan fingerprint density at radius 3 is 2.78 bits per heavy atom. The number of carbonyl (C=O) groups is 1. The van der Waals surface area contributed by atoms with Crippen LogP contribution >= 0.6 is 11.3 Å². The lowest BCUT2D eigenvalue weighted by Crippen LogP contribution is -2.20. The van der Waals surface area contributed by atoms with Crippen molar-refractivity contribution in [2.45, 2.75) is 6.54 Å². The van der Waals surface area contributed by atoms with Gasteiger partial charge in [0, 0.05) is 17.0 Å². The molecule has 0 aliphatic carbocycles. The zero-order chi connectivity index (χ0) is 16.4. The molecule has 0 saturated carbocycles. The molecule has 3 rings (SSSR count). The van der Waals surface area contributed by atoms with Crippen LogP contribution < -0.4 is 5.56 Å². The Morgan fingerprint density at radius 1 is 1.35 bits per heavy atom. The molecule has 6 heteroatoms. The number of nitriles is 1. The molecule has 0 amide bonds. The number of benzene rings is 1. The van der Waals surface area contributed by atoms with Gasteiger partial charge < -0.3 is 9.30 Å². The molecule has 0 bridgehead atoms. The van der Waals surface area contributed by atoms with Gasteiger partial charge in [-0.25, -0.2) is 4.79 Å². The average Bonchev–Trinajstić information content (AvgIpc) is 3.05. The van der Waals surface area contributed by atoms with Gasteiger partial charge in [0.15, 0.2) is 0 Å². The van der Waals surface area contributed by atoms with E-state index >= 15 is 0 Å². The summed E-state index contributed by atoms with van der Waals surface area (Å²) in [7, 11) is 1.33. The van der Waals surface area contributed by atoms with Gasteiger partial charge in [-0.15, -0.1) is 11.3 Å². The zero-order valence-electron chi connectivity index (χ0n) is 12.3. The van der Waals surface area contributed by atoms with Gasteiger partial charge in [0.1, 0.15) is 10.9 Å². The summed E-state index contributed by atoms with van der Waals surface area (Å²) in [5, 5.41) is 12.3. The number of fused-ring (bicyclic) bond motifs is 1. The SMILES string of the molecule is COC(=O)c1cc(Cn2cc(C#N)c3ccccc3c2=O)cs1. The molecule has 3 aromatic rings. The molecule has 0 saturated heterocycles. The minimum absolute atomic E-state index is 0.162. The zero-order valence-corrected chi connectivity index (χ0v) is 13.1. The van der Waals surface area contributed by atoms with Crippen molar-refractivity contribution in [3.05, 3.63) is 68.3 Å². The Morgan fingerprint density at radius 2 is 2.09 bits per heavy atom. The van der Waals surface area contributed by atoms with E-state index in [9.17, 15) is 14.9 Å². The fourth-order valence-corrected chi connectivity index (χ4v) is 3.23. The third-order valence-corrected chi connectivity index (χ3v) is 4.47. The van der Waals surface area contributed by atoms with Crippen LogP contribution in [-0.4, -0.2) is 17.6 Å². The number of hydrogen-bond acceptors (Lipinski definition) is 5.